The van der Waals surface area contributed by atoms with Gasteiger partial charge in [0.25, 0.3) is 10.0 Å². The molecule has 2 rings (SSSR count). The zero-order valence-corrected chi connectivity index (χ0v) is 14.3. The molecule has 1 heterocycles. The summed E-state index contributed by atoms with van der Waals surface area (Å²) in [6.45, 7) is 6.01. The molecule has 0 saturated heterocycles. The number of aromatic nitrogens is 2. The highest BCUT2D eigenvalue weighted by Crippen LogP contribution is 2.27. The SMILES string of the molecule is C=CCSc1nnc(NS(=O)(=O)c2ccc(OCC)cc2)s1. The fraction of sp³-hybridized carbons (Fsp3) is 0.231. The molecule has 0 unspecified atom stereocenters. The lowest BCUT2D eigenvalue weighted by Gasteiger charge is -2.06. The summed E-state index contributed by atoms with van der Waals surface area (Å²) >= 11 is 2.63. The molecule has 1 N–H and O–H groups in total. The summed E-state index contributed by atoms with van der Waals surface area (Å²) in [5.41, 5.74) is 0. The quantitative estimate of drug-likeness (QED) is 0.578. The molecule has 0 aliphatic carbocycles. The van der Waals surface area contributed by atoms with Crippen molar-refractivity contribution < 1.29 is 13.2 Å². The molecule has 6 nitrogen and oxygen atoms in total. The largest absolute Gasteiger partial charge is 0.494 e. The van der Waals surface area contributed by atoms with Gasteiger partial charge in [0.05, 0.1) is 11.5 Å². The van der Waals surface area contributed by atoms with Crippen molar-refractivity contribution in [3.63, 3.8) is 0 Å². The molecule has 0 bridgehead atoms. The van der Waals surface area contributed by atoms with E-state index in [0.29, 0.717) is 22.4 Å². The molecule has 0 aliphatic rings. The summed E-state index contributed by atoms with van der Waals surface area (Å²) in [7, 11) is -3.68. The molecule has 1 aromatic heterocycles. The zero-order valence-electron chi connectivity index (χ0n) is 11.9. The maximum Gasteiger partial charge on any atom is 0.263 e. The van der Waals surface area contributed by atoms with Crippen molar-refractivity contribution in [3.05, 3.63) is 36.9 Å². The fourth-order valence-corrected chi connectivity index (χ4v) is 4.24. The zero-order chi connectivity index (χ0) is 16.0. The van der Waals surface area contributed by atoms with Crippen LogP contribution >= 0.6 is 23.1 Å². The summed E-state index contributed by atoms with van der Waals surface area (Å²) in [5, 5.41) is 7.97. The van der Waals surface area contributed by atoms with Crippen molar-refractivity contribution in [2.24, 2.45) is 0 Å². The molecule has 0 aliphatic heterocycles. The first-order valence-corrected chi connectivity index (χ1v) is 9.66. The first kappa shape index (κ1) is 16.8. The molecule has 0 radical (unpaired) electrons. The number of nitrogens with one attached hydrogen (secondary N) is 1. The highest BCUT2D eigenvalue weighted by Gasteiger charge is 2.17. The van der Waals surface area contributed by atoms with Gasteiger partial charge in [-0.3, -0.25) is 4.72 Å². The van der Waals surface area contributed by atoms with Gasteiger partial charge in [0.1, 0.15) is 5.75 Å². The first-order valence-electron chi connectivity index (χ1n) is 6.38. The topological polar surface area (TPSA) is 81.2 Å². The lowest BCUT2D eigenvalue weighted by Crippen LogP contribution is -2.12. The molecule has 118 valence electrons. The van der Waals surface area contributed by atoms with Crippen molar-refractivity contribution in [1.29, 1.82) is 0 Å². The Labute approximate surface area is 137 Å². The average molecular weight is 357 g/mol. The van der Waals surface area contributed by atoms with E-state index < -0.39 is 10.0 Å². The minimum atomic E-state index is -3.68. The van der Waals surface area contributed by atoms with Crippen molar-refractivity contribution in [1.82, 2.24) is 10.2 Å². The van der Waals surface area contributed by atoms with Crippen LogP contribution in [0.5, 0.6) is 5.75 Å². The van der Waals surface area contributed by atoms with Crippen molar-refractivity contribution >= 4 is 38.3 Å². The van der Waals surface area contributed by atoms with E-state index in [1.807, 2.05) is 6.92 Å². The maximum atomic E-state index is 12.3. The summed E-state index contributed by atoms with van der Waals surface area (Å²) in [6, 6.07) is 6.20. The fourth-order valence-electron chi connectivity index (χ4n) is 1.50. The van der Waals surface area contributed by atoms with Gasteiger partial charge >= 0.3 is 0 Å². The average Bonchev–Trinajstić information content (AvgIpc) is 2.93. The third-order valence-electron chi connectivity index (χ3n) is 2.40. The van der Waals surface area contributed by atoms with E-state index in [4.69, 9.17) is 4.74 Å². The molecule has 2 aromatic rings. The number of ether oxygens (including phenoxy) is 1. The van der Waals surface area contributed by atoms with Gasteiger partial charge in [-0.15, -0.1) is 16.8 Å². The second-order valence-electron chi connectivity index (χ2n) is 3.98. The summed E-state index contributed by atoms with van der Waals surface area (Å²) in [4.78, 5) is 0.145. The van der Waals surface area contributed by atoms with E-state index in [1.165, 1.54) is 35.2 Å². The Hall–Kier alpha value is -1.58. The van der Waals surface area contributed by atoms with Gasteiger partial charge in [0.2, 0.25) is 5.13 Å². The lowest BCUT2D eigenvalue weighted by atomic mass is 10.3. The minimum absolute atomic E-state index is 0.145. The predicted octanol–water partition coefficient (Wildman–Crippen LogP) is 3.02. The minimum Gasteiger partial charge on any atom is -0.494 e. The van der Waals surface area contributed by atoms with Crippen LogP contribution in [0.2, 0.25) is 0 Å². The molecule has 9 heteroatoms. The van der Waals surface area contributed by atoms with Crippen LogP contribution in [0.4, 0.5) is 5.13 Å². The van der Waals surface area contributed by atoms with E-state index in [1.54, 1.807) is 18.2 Å². The van der Waals surface area contributed by atoms with Crippen LogP contribution in [0, 0.1) is 0 Å². The maximum absolute atomic E-state index is 12.3. The second-order valence-corrected chi connectivity index (χ2v) is 7.91. The third kappa shape index (κ3) is 4.46. The van der Waals surface area contributed by atoms with Crippen molar-refractivity contribution in [2.75, 3.05) is 17.1 Å². The van der Waals surface area contributed by atoms with Gasteiger partial charge in [0, 0.05) is 5.75 Å². The number of benzene rings is 1. The predicted molar refractivity (Wildman–Crippen MR) is 89.2 cm³/mol. The number of rotatable bonds is 8. The van der Waals surface area contributed by atoms with Crippen LogP contribution in [-0.4, -0.2) is 31.0 Å². The summed E-state index contributed by atoms with van der Waals surface area (Å²) in [6.07, 6.45) is 1.75. The van der Waals surface area contributed by atoms with Crippen LogP contribution in [0.25, 0.3) is 0 Å². The molecule has 0 atom stereocenters. The summed E-state index contributed by atoms with van der Waals surface area (Å²) in [5.74, 6) is 1.32. The van der Waals surface area contributed by atoms with Gasteiger partial charge in [-0.1, -0.05) is 29.2 Å². The van der Waals surface area contributed by atoms with Gasteiger partial charge < -0.3 is 4.74 Å². The highest BCUT2D eigenvalue weighted by atomic mass is 32.2. The number of hydrogen-bond donors (Lipinski definition) is 1. The molecule has 0 spiro atoms. The molecule has 22 heavy (non-hydrogen) atoms. The smallest absolute Gasteiger partial charge is 0.263 e. The first-order chi connectivity index (χ1) is 10.5. The summed E-state index contributed by atoms with van der Waals surface area (Å²) < 4.78 is 32.9. The van der Waals surface area contributed by atoms with Gasteiger partial charge in [-0.2, -0.15) is 0 Å². The van der Waals surface area contributed by atoms with E-state index in [2.05, 4.69) is 21.5 Å². The van der Waals surface area contributed by atoms with Crippen LogP contribution in [0.3, 0.4) is 0 Å². The number of sulfonamides is 1. The third-order valence-corrected chi connectivity index (χ3v) is 5.85. The van der Waals surface area contributed by atoms with Gasteiger partial charge in [-0.25, -0.2) is 8.42 Å². The Morgan fingerprint density at radius 2 is 2.09 bits per heavy atom. The molecule has 0 amide bonds. The van der Waals surface area contributed by atoms with Crippen LogP contribution < -0.4 is 9.46 Å². The molecule has 0 saturated carbocycles. The normalized spacial score (nSPS) is 11.1. The van der Waals surface area contributed by atoms with Gasteiger partial charge in [-0.05, 0) is 31.2 Å². The number of anilines is 1. The van der Waals surface area contributed by atoms with E-state index in [0.717, 1.165) is 0 Å². The Morgan fingerprint density at radius 1 is 1.36 bits per heavy atom. The lowest BCUT2D eigenvalue weighted by molar-refractivity contribution is 0.340. The number of nitrogens with zero attached hydrogens (tertiary/aromatic N) is 2. The molecular formula is C13H15N3O3S3. The van der Waals surface area contributed by atoms with Crippen LogP contribution in [0.1, 0.15) is 6.92 Å². The number of thioether (sulfide) groups is 1. The monoisotopic (exact) mass is 357 g/mol. The van der Waals surface area contributed by atoms with Crippen LogP contribution in [-0.2, 0) is 10.0 Å². The van der Waals surface area contributed by atoms with E-state index in [-0.39, 0.29) is 10.0 Å². The van der Waals surface area contributed by atoms with Crippen molar-refractivity contribution in [2.45, 2.75) is 16.2 Å². The van der Waals surface area contributed by atoms with Crippen molar-refractivity contribution in [3.8, 4) is 5.75 Å². The number of hydrogen-bond acceptors (Lipinski definition) is 7. The Kier molecular flexibility index (Phi) is 5.81. The van der Waals surface area contributed by atoms with Gasteiger partial charge in [0.15, 0.2) is 4.34 Å². The Morgan fingerprint density at radius 3 is 2.73 bits per heavy atom. The Balaban J connectivity index is 2.09. The molecular weight excluding hydrogens is 342 g/mol. The highest BCUT2D eigenvalue weighted by molar-refractivity contribution is 8.01. The van der Waals surface area contributed by atoms with Crippen LogP contribution in [0.15, 0.2) is 46.2 Å². The van der Waals surface area contributed by atoms with E-state index in [9.17, 15) is 8.42 Å². The second kappa shape index (κ2) is 7.61. The molecule has 1 aromatic carbocycles. The standard InChI is InChI=1S/C13H15N3O3S3/c1-3-9-20-13-15-14-12(21-13)16-22(17,18)11-7-5-10(6-8-11)19-4-2/h3,5-8H,1,4,9H2,2H3,(H,14,16). The molecule has 0 fully saturated rings. The van der Waals surface area contributed by atoms with E-state index >= 15 is 0 Å². The Bertz CT molecular complexity index is 726.